The molecule has 1 heterocycles. The van der Waals surface area contributed by atoms with Crippen molar-refractivity contribution in [3.63, 3.8) is 0 Å². The first-order valence-electron chi connectivity index (χ1n) is 8.03. The summed E-state index contributed by atoms with van der Waals surface area (Å²) in [5.41, 5.74) is 9.58. The van der Waals surface area contributed by atoms with Gasteiger partial charge in [0, 0.05) is 6.04 Å². The first kappa shape index (κ1) is 15.8. The number of aromatic nitrogens is 2. The quantitative estimate of drug-likeness (QED) is 0.846. The second-order valence-electron chi connectivity index (χ2n) is 5.80. The molecule has 2 rings (SSSR count). The Morgan fingerprint density at radius 2 is 2.00 bits per heavy atom. The number of benzene rings is 1. The van der Waals surface area contributed by atoms with Crippen LogP contribution in [-0.4, -0.2) is 34.1 Å². The Bertz CT molecular complexity index is 584. The van der Waals surface area contributed by atoms with Gasteiger partial charge in [-0.1, -0.05) is 26.0 Å². The second-order valence-corrected chi connectivity index (χ2v) is 5.80. The van der Waals surface area contributed by atoms with Crippen molar-refractivity contribution in [3.05, 3.63) is 23.8 Å². The van der Waals surface area contributed by atoms with Gasteiger partial charge >= 0.3 is 0 Å². The van der Waals surface area contributed by atoms with Gasteiger partial charge in [0.1, 0.15) is 0 Å². The summed E-state index contributed by atoms with van der Waals surface area (Å²) in [6, 6.07) is 6.59. The lowest BCUT2D eigenvalue weighted by molar-refractivity contribution is 0.289. The molecule has 0 saturated carbocycles. The number of para-hydroxylation sites is 1. The summed E-state index contributed by atoms with van der Waals surface area (Å²) in [4.78, 5) is 6.97. The number of aryl methyl sites for hydroxylation is 1. The molecule has 21 heavy (non-hydrogen) atoms. The number of hydrogen-bond donors (Lipinski definition) is 1. The van der Waals surface area contributed by atoms with E-state index >= 15 is 0 Å². The molecule has 1 atom stereocenters. The van der Waals surface area contributed by atoms with Gasteiger partial charge in [-0.25, -0.2) is 4.98 Å². The zero-order valence-corrected chi connectivity index (χ0v) is 13.8. The average molecular weight is 288 g/mol. The molecule has 0 aliphatic rings. The SMILES string of the molecule is CCN(CC)CCCC(C)n1c(N)nc2cccc(C)c21. The number of nitrogen functional groups attached to an aromatic ring is 1. The summed E-state index contributed by atoms with van der Waals surface area (Å²) in [6.07, 6.45) is 2.31. The fourth-order valence-electron chi connectivity index (χ4n) is 3.06. The lowest BCUT2D eigenvalue weighted by atomic mass is 10.1. The van der Waals surface area contributed by atoms with Crippen LogP contribution in [-0.2, 0) is 0 Å². The monoisotopic (exact) mass is 288 g/mol. The third-order valence-electron chi connectivity index (χ3n) is 4.37. The maximum absolute atomic E-state index is 6.15. The van der Waals surface area contributed by atoms with E-state index in [-0.39, 0.29) is 0 Å². The van der Waals surface area contributed by atoms with Gasteiger partial charge < -0.3 is 15.2 Å². The third kappa shape index (κ3) is 3.38. The molecule has 4 nitrogen and oxygen atoms in total. The van der Waals surface area contributed by atoms with E-state index in [9.17, 15) is 0 Å². The Kier molecular flexibility index (Phi) is 5.23. The van der Waals surface area contributed by atoms with Crippen LogP contribution in [0, 0.1) is 6.92 Å². The first-order chi connectivity index (χ1) is 10.1. The van der Waals surface area contributed by atoms with Gasteiger partial charge in [0.25, 0.3) is 0 Å². The molecule has 0 amide bonds. The highest BCUT2D eigenvalue weighted by Crippen LogP contribution is 2.27. The van der Waals surface area contributed by atoms with Gasteiger partial charge in [0.15, 0.2) is 0 Å². The molecule has 0 aliphatic carbocycles. The van der Waals surface area contributed by atoms with Crippen molar-refractivity contribution in [1.29, 1.82) is 0 Å². The summed E-state index contributed by atoms with van der Waals surface area (Å²) in [6.45, 7) is 12.2. The van der Waals surface area contributed by atoms with Crippen LogP contribution in [0.1, 0.15) is 45.2 Å². The Hall–Kier alpha value is -1.55. The van der Waals surface area contributed by atoms with Gasteiger partial charge in [-0.3, -0.25) is 0 Å². The van der Waals surface area contributed by atoms with Crippen molar-refractivity contribution in [2.24, 2.45) is 0 Å². The van der Waals surface area contributed by atoms with Crippen LogP contribution >= 0.6 is 0 Å². The second kappa shape index (κ2) is 6.94. The summed E-state index contributed by atoms with van der Waals surface area (Å²) in [5, 5.41) is 0. The summed E-state index contributed by atoms with van der Waals surface area (Å²) in [5.74, 6) is 0.634. The van der Waals surface area contributed by atoms with E-state index < -0.39 is 0 Å². The van der Waals surface area contributed by atoms with Crippen LogP contribution < -0.4 is 5.73 Å². The Balaban J connectivity index is 2.12. The molecule has 1 aromatic carbocycles. The van der Waals surface area contributed by atoms with Gasteiger partial charge in [0.05, 0.1) is 11.0 Å². The maximum Gasteiger partial charge on any atom is 0.201 e. The number of fused-ring (bicyclic) bond motifs is 1. The van der Waals surface area contributed by atoms with Crippen LogP contribution in [0.25, 0.3) is 11.0 Å². The largest absolute Gasteiger partial charge is 0.369 e. The Labute approximate surface area is 128 Å². The highest BCUT2D eigenvalue weighted by Gasteiger charge is 2.15. The molecule has 0 radical (unpaired) electrons. The van der Waals surface area contributed by atoms with Crippen molar-refractivity contribution < 1.29 is 0 Å². The van der Waals surface area contributed by atoms with Crippen LogP contribution in [0.15, 0.2) is 18.2 Å². The van der Waals surface area contributed by atoms with Crippen LogP contribution in [0.2, 0.25) is 0 Å². The minimum Gasteiger partial charge on any atom is -0.369 e. The summed E-state index contributed by atoms with van der Waals surface area (Å²) >= 11 is 0. The van der Waals surface area contributed by atoms with Gasteiger partial charge in [-0.2, -0.15) is 0 Å². The molecule has 0 aliphatic heterocycles. The zero-order chi connectivity index (χ0) is 15.4. The van der Waals surface area contributed by atoms with Crippen molar-refractivity contribution in [1.82, 2.24) is 14.5 Å². The van der Waals surface area contributed by atoms with E-state index in [0.717, 1.165) is 31.6 Å². The standard InChI is InChI=1S/C17H28N4/c1-5-20(6-2)12-8-10-14(4)21-16-13(3)9-7-11-15(16)19-17(21)18/h7,9,11,14H,5-6,8,10,12H2,1-4H3,(H2,18,19). The fourth-order valence-corrected chi connectivity index (χ4v) is 3.06. The van der Waals surface area contributed by atoms with Crippen molar-refractivity contribution in [2.75, 3.05) is 25.4 Å². The number of imidazole rings is 1. The Morgan fingerprint density at radius 1 is 1.29 bits per heavy atom. The molecular formula is C17H28N4. The van der Waals surface area contributed by atoms with Gasteiger partial charge in [-0.05, 0) is 58.0 Å². The molecule has 0 bridgehead atoms. The van der Waals surface area contributed by atoms with Crippen molar-refractivity contribution >= 4 is 17.0 Å². The zero-order valence-electron chi connectivity index (χ0n) is 13.8. The van der Waals surface area contributed by atoms with Crippen molar-refractivity contribution in [2.45, 2.75) is 46.6 Å². The van der Waals surface area contributed by atoms with E-state index in [0.29, 0.717) is 12.0 Å². The van der Waals surface area contributed by atoms with Crippen LogP contribution in [0.5, 0.6) is 0 Å². The van der Waals surface area contributed by atoms with Crippen molar-refractivity contribution in [3.8, 4) is 0 Å². The number of anilines is 1. The lowest BCUT2D eigenvalue weighted by Gasteiger charge is -2.21. The van der Waals surface area contributed by atoms with E-state index in [4.69, 9.17) is 5.73 Å². The maximum atomic E-state index is 6.15. The smallest absolute Gasteiger partial charge is 0.201 e. The average Bonchev–Trinajstić information content (AvgIpc) is 2.81. The summed E-state index contributed by atoms with van der Waals surface area (Å²) in [7, 11) is 0. The molecule has 4 heteroatoms. The number of nitrogens with two attached hydrogens (primary N) is 1. The molecule has 1 unspecified atom stereocenters. The molecule has 0 spiro atoms. The van der Waals surface area contributed by atoms with Gasteiger partial charge in [0.2, 0.25) is 5.95 Å². The third-order valence-corrected chi connectivity index (χ3v) is 4.37. The highest BCUT2D eigenvalue weighted by atomic mass is 15.2. The van der Waals surface area contributed by atoms with E-state index in [2.05, 4.69) is 48.2 Å². The highest BCUT2D eigenvalue weighted by molar-refractivity contribution is 5.81. The topological polar surface area (TPSA) is 47.1 Å². The van der Waals surface area contributed by atoms with Crippen LogP contribution in [0.3, 0.4) is 0 Å². The molecule has 116 valence electrons. The predicted octanol–water partition coefficient (Wildman–Crippen LogP) is 3.61. The number of rotatable bonds is 7. The van der Waals surface area contributed by atoms with Gasteiger partial charge in [-0.15, -0.1) is 0 Å². The molecule has 1 aromatic heterocycles. The molecule has 0 saturated heterocycles. The molecule has 2 aromatic rings. The molecule has 0 fully saturated rings. The van der Waals surface area contributed by atoms with E-state index in [1.807, 2.05) is 12.1 Å². The van der Waals surface area contributed by atoms with E-state index in [1.165, 1.54) is 17.5 Å². The summed E-state index contributed by atoms with van der Waals surface area (Å²) < 4.78 is 2.20. The minimum absolute atomic E-state index is 0.381. The molecule has 2 N–H and O–H groups in total. The lowest BCUT2D eigenvalue weighted by Crippen LogP contribution is -2.24. The number of nitrogens with zero attached hydrogens (tertiary/aromatic N) is 3. The number of hydrogen-bond acceptors (Lipinski definition) is 3. The molecular weight excluding hydrogens is 260 g/mol. The predicted molar refractivity (Wildman–Crippen MR) is 90.6 cm³/mol. The normalized spacial score (nSPS) is 13.2. The van der Waals surface area contributed by atoms with E-state index in [1.54, 1.807) is 0 Å². The van der Waals surface area contributed by atoms with Crippen LogP contribution in [0.4, 0.5) is 5.95 Å². The Morgan fingerprint density at radius 3 is 2.67 bits per heavy atom. The fraction of sp³-hybridized carbons (Fsp3) is 0.588. The first-order valence-corrected chi connectivity index (χ1v) is 8.03. The minimum atomic E-state index is 0.381.